The number of nitrogens with one attached hydrogen (secondary N) is 1. The second-order valence-corrected chi connectivity index (χ2v) is 8.14. The summed E-state index contributed by atoms with van der Waals surface area (Å²) in [5.74, 6) is -0.152. The van der Waals surface area contributed by atoms with E-state index in [9.17, 15) is 8.42 Å². The molecule has 0 heterocycles. The van der Waals surface area contributed by atoms with Gasteiger partial charge in [-0.05, 0) is 52.0 Å². The largest absolute Gasteiger partial charge is 0.311 e. The Morgan fingerprint density at radius 1 is 1.24 bits per heavy atom. The molecule has 21 heavy (non-hydrogen) atoms. The summed E-state index contributed by atoms with van der Waals surface area (Å²) in [4.78, 5) is 0. The Hall–Kier alpha value is -0.650. The fourth-order valence-corrected chi connectivity index (χ4v) is 3.95. The molecule has 2 rings (SSSR count). The molecular formula is C16H27NO3S. The molecule has 4 nitrogen and oxygen atoms in total. The first-order valence-electron chi connectivity index (χ1n) is 7.94. The fourth-order valence-electron chi connectivity index (χ4n) is 3.44. The van der Waals surface area contributed by atoms with Gasteiger partial charge in [-0.3, -0.25) is 4.55 Å². The molecular weight excluding hydrogens is 286 g/mol. The van der Waals surface area contributed by atoms with E-state index in [4.69, 9.17) is 4.55 Å². The quantitative estimate of drug-likeness (QED) is 0.559. The summed E-state index contributed by atoms with van der Waals surface area (Å²) in [6.07, 6.45) is 13.2. The molecule has 5 heteroatoms. The van der Waals surface area contributed by atoms with Crippen molar-refractivity contribution in [1.29, 1.82) is 0 Å². The minimum atomic E-state index is -3.83. The molecule has 0 aromatic carbocycles. The van der Waals surface area contributed by atoms with Gasteiger partial charge in [0.15, 0.2) is 0 Å². The van der Waals surface area contributed by atoms with Crippen LogP contribution in [0.25, 0.3) is 0 Å². The molecule has 1 saturated carbocycles. The first-order valence-corrected chi connectivity index (χ1v) is 9.55. The highest BCUT2D eigenvalue weighted by atomic mass is 32.2. The van der Waals surface area contributed by atoms with Gasteiger partial charge in [-0.25, -0.2) is 0 Å². The van der Waals surface area contributed by atoms with Gasteiger partial charge in [0.2, 0.25) is 0 Å². The Morgan fingerprint density at radius 3 is 2.52 bits per heavy atom. The molecule has 2 N–H and O–H groups in total. The van der Waals surface area contributed by atoms with Gasteiger partial charge in [0.05, 0.1) is 5.75 Å². The average Bonchev–Trinajstić information content (AvgIpc) is 2.86. The third-order valence-corrected chi connectivity index (χ3v) is 5.45. The zero-order valence-corrected chi connectivity index (χ0v) is 13.7. The highest BCUT2D eigenvalue weighted by molar-refractivity contribution is 7.85. The van der Waals surface area contributed by atoms with Crippen LogP contribution in [-0.2, 0) is 10.1 Å². The molecule has 120 valence electrons. The molecule has 2 aliphatic rings. The van der Waals surface area contributed by atoms with Crippen LogP contribution in [0.15, 0.2) is 23.3 Å². The third kappa shape index (κ3) is 5.57. The van der Waals surface area contributed by atoms with Crippen molar-refractivity contribution in [1.82, 2.24) is 5.32 Å². The molecule has 0 bridgehead atoms. The van der Waals surface area contributed by atoms with Crippen LogP contribution in [0.3, 0.4) is 0 Å². The van der Waals surface area contributed by atoms with E-state index in [1.165, 1.54) is 36.8 Å². The molecule has 0 radical (unpaired) electrons. The number of allylic oxidation sites excluding steroid dienone is 3. The maximum absolute atomic E-state index is 10.8. The van der Waals surface area contributed by atoms with Gasteiger partial charge in [-0.2, -0.15) is 8.42 Å². The molecule has 0 aromatic rings. The van der Waals surface area contributed by atoms with Crippen LogP contribution >= 0.6 is 0 Å². The van der Waals surface area contributed by atoms with E-state index >= 15 is 0 Å². The van der Waals surface area contributed by atoms with Crippen LogP contribution in [0.5, 0.6) is 0 Å². The van der Waals surface area contributed by atoms with Crippen molar-refractivity contribution in [2.75, 3.05) is 12.3 Å². The molecule has 0 aliphatic heterocycles. The van der Waals surface area contributed by atoms with Gasteiger partial charge in [-0.15, -0.1) is 0 Å². The van der Waals surface area contributed by atoms with E-state index in [1.807, 2.05) is 0 Å². The van der Waals surface area contributed by atoms with Crippen molar-refractivity contribution >= 4 is 10.1 Å². The summed E-state index contributed by atoms with van der Waals surface area (Å²) in [5, 5.41) is 3.59. The van der Waals surface area contributed by atoms with Crippen molar-refractivity contribution in [2.45, 2.75) is 63.8 Å². The van der Waals surface area contributed by atoms with E-state index < -0.39 is 10.1 Å². The highest BCUT2D eigenvalue weighted by Crippen LogP contribution is 2.37. The van der Waals surface area contributed by atoms with E-state index in [0.29, 0.717) is 13.0 Å². The SMILES string of the molecule is CC1=CC=C(CC2(NCCCS(=O)(=O)O)CCCC2)CC1. The van der Waals surface area contributed by atoms with E-state index in [1.54, 1.807) is 0 Å². The first-order chi connectivity index (χ1) is 9.89. The molecule has 0 unspecified atom stereocenters. The number of rotatable bonds is 7. The number of hydrogen-bond donors (Lipinski definition) is 2. The summed E-state index contributed by atoms with van der Waals surface area (Å²) < 4.78 is 30.3. The lowest BCUT2D eigenvalue weighted by Crippen LogP contribution is -2.44. The first kappa shape index (κ1) is 16.7. The molecule has 0 saturated heterocycles. The van der Waals surface area contributed by atoms with E-state index in [2.05, 4.69) is 24.4 Å². The van der Waals surface area contributed by atoms with Crippen molar-refractivity contribution < 1.29 is 13.0 Å². The predicted molar refractivity (Wildman–Crippen MR) is 85.9 cm³/mol. The Bertz CT molecular complexity index is 514. The van der Waals surface area contributed by atoms with E-state index in [-0.39, 0.29) is 11.3 Å². The molecule has 0 amide bonds. The molecule has 1 fully saturated rings. The fraction of sp³-hybridized carbons (Fsp3) is 0.750. The summed E-state index contributed by atoms with van der Waals surface area (Å²) in [5.41, 5.74) is 3.09. The molecule has 0 spiro atoms. The van der Waals surface area contributed by atoms with Crippen molar-refractivity contribution in [3.05, 3.63) is 23.3 Å². The van der Waals surface area contributed by atoms with Gasteiger partial charge in [0.25, 0.3) is 10.1 Å². The van der Waals surface area contributed by atoms with Crippen LogP contribution in [-0.4, -0.2) is 30.8 Å². The van der Waals surface area contributed by atoms with Gasteiger partial charge < -0.3 is 5.32 Å². The van der Waals surface area contributed by atoms with Crippen molar-refractivity contribution in [2.24, 2.45) is 0 Å². The summed E-state index contributed by atoms with van der Waals surface area (Å²) >= 11 is 0. The Balaban J connectivity index is 1.88. The van der Waals surface area contributed by atoms with E-state index in [0.717, 1.165) is 19.3 Å². The highest BCUT2D eigenvalue weighted by Gasteiger charge is 2.33. The average molecular weight is 313 g/mol. The lowest BCUT2D eigenvalue weighted by Gasteiger charge is -2.32. The van der Waals surface area contributed by atoms with Crippen LogP contribution < -0.4 is 5.32 Å². The molecule has 0 aromatic heterocycles. The normalized spacial score (nSPS) is 22.0. The number of hydrogen-bond acceptors (Lipinski definition) is 3. The standard InChI is InChI=1S/C16H27NO3S/c1-14-5-7-15(8-6-14)13-16(9-2-3-10-16)17-11-4-12-21(18,19)20/h5,7,17H,2-4,6,8-13H2,1H3,(H,18,19,20). The van der Waals surface area contributed by atoms with Crippen LogP contribution in [0.4, 0.5) is 0 Å². The topological polar surface area (TPSA) is 66.4 Å². The molecule has 0 atom stereocenters. The maximum Gasteiger partial charge on any atom is 0.264 e. The summed E-state index contributed by atoms with van der Waals surface area (Å²) in [6.45, 7) is 2.83. The zero-order chi connectivity index (χ0) is 15.3. The van der Waals surface area contributed by atoms with Gasteiger partial charge in [0, 0.05) is 5.54 Å². The van der Waals surface area contributed by atoms with Crippen LogP contribution in [0.1, 0.15) is 58.3 Å². The summed E-state index contributed by atoms with van der Waals surface area (Å²) in [7, 11) is -3.83. The lowest BCUT2D eigenvalue weighted by molar-refractivity contribution is 0.325. The van der Waals surface area contributed by atoms with Gasteiger partial charge >= 0.3 is 0 Å². The minimum absolute atomic E-state index is 0.143. The van der Waals surface area contributed by atoms with Crippen LogP contribution in [0, 0.1) is 0 Å². The second-order valence-electron chi connectivity index (χ2n) is 6.57. The second kappa shape index (κ2) is 7.07. The minimum Gasteiger partial charge on any atom is -0.311 e. The third-order valence-electron chi connectivity index (χ3n) is 4.65. The lowest BCUT2D eigenvalue weighted by atomic mass is 9.85. The van der Waals surface area contributed by atoms with Gasteiger partial charge in [0.1, 0.15) is 0 Å². The summed E-state index contributed by atoms with van der Waals surface area (Å²) in [6, 6.07) is 0. The monoisotopic (exact) mass is 313 g/mol. The Labute approximate surface area is 128 Å². The smallest absolute Gasteiger partial charge is 0.264 e. The maximum atomic E-state index is 10.8. The van der Waals surface area contributed by atoms with Crippen LogP contribution in [0.2, 0.25) is 0 Å². The van der Waals surface area contributed by atoms with Crippen molar-refractivity contribution in [3.8, 4) is 0 Å². The Kier molecular flexibility index (Phi) is 5.63. The van der Waals surface area contributed by atoms with Gasteiger partial charge in [-0.1, -0.05) is 36.1 Å². The van der Waals surface area contributed by atoms with Crippen molar-refractivity contribution in [3.63, 3.8) is 0 Å². The molecule has 2 aliphatic carbocycles. The predicted octanol–water partition coefficient (Wildman–Crippen LogP) is 3.22. The Morgan fingerprint density at radius 2 is 1.95 bits per heavy atom. The zero-order valence-electron chi connectivity index (χ0n) is 12.9.